The molecule has 0 spiro atoms. The van der Waals surface area contributed by atoms with E-state index in [1.54, 1.807) is 18.2 Å². The third-order valence-electron chi connectivity index (χ3n) is 4.85. The van der Waals surface area contributed by atoms with Crippen LogP contribution in [0.15, 0.2) is 47.4 Å². The molecule has 10 heteroatoms. The van der Waals surface area contributed by atoms with Crippen molar-refractivity contribution < 1.29 is 22.7 Å². The summed E-state index contributed by atoms with van der Waals surface area (Å²) >= 11 is 12.0. The highest BCUT2D eigenvalue weighted by Crippen LogP contribution is 2.29. The van der Waals surface area contributed by atoms with Crippen LogP contribution in [-0.4, -0.2) is 44.3 Å². The number of nitrogens with zero attached hydrogens (tertiary/aromatic N) is 1. The van der Waals surface area contributed by atoms with Gasteiger partial charge in [-0.2, -0.15) is 4.31 Å². The van der Waals surface area contributed by atoms with Gasteiger partial charge in [-0.25, -0.2) is 13.2 Å². The molecule has 0 aliphatic carbocycles. The van der Waals surface area contributed by atoms with Gasteiger partial charge in [-0.1, -0.05) is 42.1 Å². The number of benzene rings is 2. The van der Waals surface area contributed by atoms with Crippen LogP contribution in [0.5, 0.6) is 0 Å². The molecule has 166 valence electrons. The molecule has 0 radical (unpaired) electrons. The number of halogens is 2. The molecule has 0 unspecified atom stereocenters. The first-order valence-electron chi connectivity index (χ1n) is 9.80. The highest BCUT2D eigenvalue weighted by molar-refractivity contribution is 7.89. The van der Waals surface area contributed by atoms with Gasteiger partial charge >= 0.3 is 5.97 Å². The van der Waals surface area contributed by atoms with Gasteiger partial charge in [0.25, 0.3) is 5.91 Å². The van der Waals surface area contributed by atoms with Crippen LogP contribution in [0.4, 0.5) is 5.69 Å². The van der Waals surface area contributed by atoms with Gasteiger partial charge in [0, 0.05) is 13.1 Å². The van der Waals surface area contributed by atoms with Crippen molar-refractivity contribution in [3.05, 3.63) is 58.1 Å². The first-order valence-corrected chi connectivity index (χ1v) is 12.0. The molecule has 0 saturated carbocycles. The molecule has 1 amide bonds. The number of hydrogen-bond acceptors (Lipinski definition) is 5. The molecule has 1 aliphatic heterocycles. The molecule has 1 fully saturated rings. The second kappa shape index (κ2) is 10.5. The van der Waals surface area contributed by atoms with Crippen LogP contribution in [0.2, 0.25) is 10.0 Å². The van der Waals surface area contributed by atoms with E-state index in [-0.39, 0.29) is 26.2 Å². The zero-order valence-electron chi connectivity index (χ0n) is 16.6. The van der Waals surface area contributed by atoms with Gasteiger partial charge in [0.2, 0.25) is 10.0 Å². The van der Waals surface area contributed by atoms with Gasteiger partial charge < -0.3 is 10.1 Å². The van der Waals surface area contributed by atoms with Gasteiger partial charge in [0.15, 0.2) is 6.61 Å². The monoisotopic (exact) mass is 484 g/mol. The SMILES string of the molecule is O=C(COC(=O)c1ccc(S(=O)(=O)N2CCCCCC2)cc1)Nc1c(Cl)cccc1Cl. The Morgan fingerprint density at radius 2 is 1.52 bits per heavy atom. The van der Waals surface area contributed by atoms with Crippen LogP contribution in [-0.2, 0) is 19.6 Å². The van der Waals surface area contributed by atoms with E-state index in [4.69, 9.17) is 27.9 Å². The van der Waals surface area contributed by atoms with E-state index in [1.807, 2.05) is 0 Å². The van der Waals surface area contributed by atoms with Crippen LogP contribution in [0, 0.1) is 0 Å². The molecule has 1 aliphatic rings. The van der Waals surface area contributed by atoms with E-state index >= 15 is 0 Å². The van der Waals surface area contributed by atoms with E-state index in [0.29, 0.717) is 13.1 Å². The normalized spacial score (nSPS) is 15.2. The molecule has 31 heavy (non-hydrogen) atoms. The Labute approximate surface area is 191 Å². The Hall–Kier alpha value is -2.13. The maximum absolute atomic E-state index is 12.8. The summed E-state index contributed by atoms with van der Waals surface area (Å²) in [5.74, 6) is -1.36. The van der Waals surface area contributed by atoms with Gasteiger partial charge in [0.1, 0.15) is 0 Å². The van der Waals surface area contributed by atoms with Crippen LogP contribution in [0.25, 0.3) is 0 Å². The predicted molar refractivity (Wildman–Crippen MR) is 119 cm³/mol. The minimum Gasteiger partial charge on any atom is -0.452 e. The van der Waals surface area contributed by atoms with Crippen molar-refractivity contribution in [1.29, 1.82) is 0 Å². The number of esters is 1. The number of ether oxygens (including phenoxy) is 1. The lowest BCUT2D eigenvalue weighted by Crippen LogP contribution is -2.31. The number of hydrogen-bond donors (Lipinski definition) is 1. The lowest BCUT2D eigenvalue weighted by molar-refractivity contribution is -0.119. The average molecular weight is 485 g/mol. The molecular formula is C21H22Cl2N2O5S. The van der Waals surface area contributed by atoms with Gasteiger partial charge in [-0.3, -0.25) is 4.79 Å². The van der Waals surface area contributed by atoms with E-state index in [1.165, 1.54) is 28.6 Å². The number of nitrogens with one attached hydrogen (secondary N) is 1. The Balaban J connectivity index is 1.59. The largest absolute Gasteiger partial charge is 0.452 e. The molecule has 0 aromatic heterocycles. The standard InChI is InChI=1S/C21H22Cl2N2O5S/c22-17-6-5-7-18(23)20(17)24-19(26)14-30-21(27)15-8-10-16(11-9-15)31(28,29)25-12-3-1-2-4-13-25/h5-11H,1-4,12-14H2,(H,24,26). The van der Waals surface area contributed by atoms with Crippen LogP contribution in [0.1, 0.15) is 36.0 Å². The second-order valence-corrected chi connectivity index (χ2v) is 9.82. The predicted octanol–water partition coefficient (Wildman–Crippen LogP) is 4.35. The Morgan fingerprint density at radius 3 is 2.10 bits per heavy atom. The number of para-hydroxylation sites is 1. The number of amides is 1. The zero-order valence-corrected chi connectivity index (χ0v) is 19.0. The van der Waals surface area contributed by atoms with Crippen molar-refractivity contribution in [2.75, 3.05) is 25.0 Å². The number of sulfonamides is 1. The lowest BCUT2D eigenvalue weighted by Gasteiger charge is -2.20. The van der Waals surface area contributed by atoms with E-state index in [9.17, 15) is 18.0 Å². The quantitative estimate of drug-likeness (QED) is 0.614. The summed E-state index contributed by atoms with van der Waals surface area (Å²) in [5.41, 5.74) is 0.369. The summed E-state index contributed by atoms with van der Waals surface area (Å²) < 4.78 is 32.1. The highest BCUT2D eigenvalue weighted by Gasteiger charge is 2.25. The van der Waals surface area contributed by atoms with Crippen molar-refractivity contribution in [2.24, 2.45) is 0 Å². The third kappa shape index (κ3) is 5.98. The second-order valence-electron chi connectivity index (χ2n) is 7.06. The minimum atomic E-state index is -3.60. The van der Waals surface area contributed by atoms with Gasteiger partial charge in [-0.05, 0) is 49.2 Å². The summed E-state index contributed by atoms with van der Waals surface area (Å²) in [4.78, 5) is 24.4. The molecule has 0 atom stereocenters. The molecular weight excluding hydrogens is 463 g/mol. The molecule has 2 aromatic rings. The summed E-state index contributed by atoms with van der Waals surface area (Å²) in [5, 5.41) is 3.01. The number of carbonyl (C=O) groups excluding carboxylic acids is 2. The molecule has 0 bridgehead atoms. The van der Waals surface area contributed by atoms with Crippen molar-refractivity contribution in [2.45, 2.75) is 30.6 Å². The van der Waals surface area contributed by atoms with Crippen molar-refractivity contribution in [3.8, 4) is 0 Å². The Morgan fingerprint density at radius 1 is 0.935 bits per heavy atom. The molecule has 1 heterocycles. The van der Waals surface area contributed by atoms with Crippen LogP contribution >= 0.6 is 23.2 Å². The maximum atomic E-state index is 12.8. The molecule has 3 rings (SSSR count). The van der Waals surface area contributed by atoms with Gasteiger partial charge in [0.05, 0.1) is 26.2 Å². The van der Waals surface area contributed by atoms with E-state index in [0.717, 1.165) is 25.7 Å². The van der Waals surface area contributed by atoms with Crippen molar-refractivity contribution in [1.82, 2.24) is 4.31 Å². The third-order valence-corrected chi connectivity index (χ3v) is 7.40. The van der Waals surface area contributed by atoms with Crippen LogP contribution < -0.4 is 5.32 Å². The number of carbonyl (C=O) groups is 2. The van der Waals surface area contributed by atoms with Crippen molar-refractivity contribution in [3.63, 3.8) is 0 Å². The smallest absolute Gasteiger partial charge is 0.338 e. The zero-order chi connectivity index (χ0) is 22.4. The Kier molecular flexibility index (Phi) is 7.94. The first kappa shape index (κ1) is 23.5. The van der Waals surface area contributed by atoms with E-state index in [2.05, 4.69) is 5.32 Å². The first-order chi connectivity index (χ1) is 14.8. The molecule has 1 N–H and O–H groups in total. The van der Waals surface area contributed by atoms with Crippen LogP contribution in [0.3, 0.4) is 0 Å². The highest BCUT2D eigenvalue weighted by atomic mass is 35.5. The topological polar surface area (TPSA) is 92.8 Å². The fourth-order valence-electron chi connectivity index (χ4n) is 3.20. The summed E-state index contributed by atoms with van der Waals surface area (Å²) in [7, 11) is -3.60. The Bertz CT molecular complexity index is 1030. The van der Waals surface area contributed by atoms with E-state index < -0.39 is 28.5 Å². The van der Waals surface area contributed by atoms with Gasteiger partial charge in [-0.15, -0.1) is 0 Å². The summed E-state index contributed by atoms with van der Waals surface area (Å²) in [6.45, 7) is 0.446. The average Bonchev–Trinajstić information content (AvgIpc) is 3.05. The minimum absolute atomic E-state index is 0.122. The fraction of sp³-hybridized carbons (Fsp3) is 0.333. The maximum Gasteiger partial charge on any atom is 0.338 e. The lowest BCUT2D eigenvalue weighted by atomic mass is 10.2. The number of rotatable bonds is 6. The fourth-order valence-corrected chi connectivity index (χ4v) is 5.21. The van der Waals surface area contributed by atoms with Crippen molar-refractivity contribution >= 4 is 50.8 Å². The molecule has 7 nitrogen and oxygen atoms in total. The molecule has 2 aromatic carbocycles. The summed E-state index contributed by atoms with van der Waals surface area (Å²) in [6.07, 6.45) is 3.72. The summed E-state index contributed by atoms with van der Waals surface area (Å²) in [6, 6.07) is 10.3. The number of anilines is 1. The molecule has 1 saturated heterocycles.